The average molecular weight is 417 g/mol. The van der Waals surface area contributed by atoms with E-state index >= 15 is 0 Å². The maximum atomic E-state index is 11.9. The summed E-state index contributed by atoms with van der Waals surface area (Å²) in [6.45, 7) is 4.04. The van der Waals surface area contributed by atoms with Crippen molar-refractivity contribution < 1.29 is 8.42 Å². The molecule has 2 aromatic heterocycles. The normalized spacial score (nSPS) is 15.5. The number of fused-ring (bicyclic) bond motifs is 2. The van der Waals surface area contributed by atoms with Gasteiger partial charge in [-0.15, -0.1) is 0 Å². The van der Waals surface area contributed by atoms with E-state index in [9.17, 15) is 8.42 Å². The Morgan fingerprint density at radius 3 is 2.77 bits per heavy atom. The number of rotatable bonds is 5. The Morgan fingerprint density at radius 2 is 1.97 bits per heavy atom. The number of nitrogens with one attached hydrogen (secondary N) is 2. The number of sulfonamides is 1. The van der Waals surface area contributed by atoms with Gasteiger partial charge >= 0.3 is 0 Å². The van der Waals surface area contributed by atoms with Gasteiger partial charge in [0.2, 0.25) is 0 Å². The molecule has 30 heavy (non-hydrogen) atoms. The van der Waals surface area contributed by atoms with Gasteiger partial charge in [0.25, 0.3) is 10.0 Å². The third-order valence-electron chi connectivity index (χ3n) is 5.29. The number of nitrogens with zero attached hydrogens (tertiary/aromatic N) is 3. The zero-order valence-electron chi connectivity index (χ0n) is 16.0. The fourth-order valence-electron chi connectivity index (χ4n) is 3.86. The molecule has 8 heteroatoms. The minimum Gasteiger partial charge on any atom is -0.384 e. The molecule has 2 N–H and O–H groups in total. The van der Waals surface area contributed by atoms with E-state index in [1.165, 1.54) is 0 Å². The zero-order valence-corrected chi connectivity index (χ0v) is 16.8. The Balaban J connectivity index is 1.57. The molecule has 0 fully saturated rings. The van der Waals surface area contributed by atoms with Crippen LogP contribution in [0.3, 0.4) is 0 Å². The minimum atomic E-state index is -3.59. The average Bonchev–Trinajstić information content (AvgIpc) is 3.43. The van der Waals surface area contributed by atoms with E-state index in [0.717, 1.165) is 38.9 Å². The summed E-state index contributed by atoms with van der Waals surface area (Å²) in [6.07, 6.45) is 5.58. The smallest absolute Gasteiger partial charge is 0.254 e. The summed E-state index contributed by atoms with van der Waals surface area (Å²) in [5.74, 6) is 0.0375. The number of benzene rings is 2. The van der Waals surface area contributed by atoms with Gasteiger partial charge < -0.3 is 9.88 Å². The van der Waals surface area contributed by atoms with Gasteiger partial charge in [-0.3, -0.25) is 4.72 Å². The molecule has 0 radical (unpaired) electrons. The lowest BCUT2D eigenvalue weighted by Gasteiger charge is -2.14. The molecule has 0 saturated heterocycles. The summed E-state index contributed by atoms with van der Waals surface area (Å²) in [7, 11) is -3.59. The van der Waals surface area contributed by atoms with Gasteiger partial charge in [0.15, 0.2) is 0 Å². The number of aromatic nitrogens is 3. The van der Waals surface area contributed by atoms with Crippen LogP contribution in [0.25, 0.3) is 16.6 Å². The van der Waals surface area contributed by atoms with Crippen LogP contribution in [0.1, 0.15) is 17.2 Å². The first kappa shape index (κ1) is 18.4. The number of hydrogen-bond acceptors (Lipinski definition) is 5. The lowest BCUT2D eigenvalue weighted by atomic mass is 9.94. The molecule has 7 nitrogen and oxygen atoms in total. The number of anilines is 2. The molecule has 0 aliphatic carbocycles. The van der Waals surface area contributed by atoms with E-state index in [0.29, 0.717) is 12.2 Å². The zero-order chi connectivity index (χ0) is 20.7. The highest BCUT2D eigenvalue weighted by molar-refractivity contribution is 7.95. The molecular formula is C22H19N5O2S. The standard InChI is InChI=1S/C22H19N5O2S/c1-2-30(28,29)26-15-5-8-20-18(11-15)22(25-14-24-20)19-13-23-21-12-16(6-7-17(19)21)27-9-3-4-10-27/h2-12,14,19,23,26H,1,13H2. The van der Waals surface area contributed by atoms with Crippen molar-refractivity contribution in [1.82, 2.24) is 14.5 Å². The van der Waals surface area contributed by atoms with Gasteiger partial charge in [0.05, 0.1) is 11.2 Å². The van der Waals surface area contributed by atoms with Gasteiger partial charge in [-0.25, -0.2) is 18.4 Å². The molecule has 0 bridgehead atoms. The monoisotopic (exact) mass is 417 g/mol. The van der Waals surface area contributed by atoms with E-state index in [2.05, 4.69) is 49.4 Å². The third kappa shape index (κ3) is 3.21. The Labute approximate surface area is 174 Å². The van der Waals surface area contributed by atoms with Crippen LogP contribution in [0.15, 0.2) is 79.2 Å². The summed E-state index contributed by atoms with van der Waals surface area (Å²) in [5, 5.41) is 5.18. The van der Waals surface area contributed by atoms with Crippen molar-refractivity contribution in [1.29, 1.82) is 0 Å². The summed E-state index contributed by atoms with van der Waals surface area (Å²) in [6, 6.07) is 15.6. The molecule has 0 spiro atoms. The van der Waals surface area contributed by atoms with Gasteiger partial charge in [0.1, 0.15) is 6.33 Å². The molecule has 1 aliphatic rings. The molecule has 2 aromatic carbocycles. The third-order valence-corrected chi connectivity index (χ3v) is 6.25. The van der Waals surface area contributed by atoms with Crippen molar-refractivity contribution in [2.75, 3.05) is 16.6 Å². The molecule has 0 amide bonds. The van der Waals surface area contributed by atoms with Crippen LogP contribution in [0.5, 0.6) is 0 Å². The second-order valence-electron chi connectivity index (χ2n) is 7.10. The first-order chi connectivity index (χ1) is 14.5. The van der Waals surface area contributed by atoms with Crippen molar-refractivity contribution in [2.45, 2.75) is 5.92 Å². The predicted octanol–water partition coefficient (Wildman–Crippen LogP) is 3.86. The van der Waals surface area contributed by atoms with Gasteiger partial charge in [-0.05, 0) is 48.0 Å². The van der Waals surface area contributed by atoms with E-state index < -0.39 is 10.0 Å². The topological polar surface area (TPSA) is 88.9 Å². The van der Waals surface area contributed by atoms with Crippen molar-refractivity contribution in [3.8, 4) is 5.69 Å². The van der Waals surface area contributed by atoms with Gasteiger partial charge in [0, 0.05) is 52.7 Å². The minimum absolute atomic E-state index is 0.0375. The van der Waals surface area contributed by atoms with Crippen LogP contribution in [-0.4, -0.2) is 29.5 Å². The van der Waals surface area contributed by atoms with E-state index in [1.807, 2.05) is 24.5 Å². The lowest BCUT2D eigenvalue weighted by Crippen LogP contribution is -2.10. The molecule has 4 aromatic rings. The fraction of sp³-hybridized carbons (Fsp3) is 0.0909. The molecule has 3 heterocycles. The molecule has 1 unspecified atom stereocenters. The molecule has 150 valence electrons. The molecule has 1 aliphatic heterocycles. The van der Waals surface area contributed by atoms with Crippen molar-refractivity contribution in [3.63, 3.8) is 0 Å². The van der Waals surface area contributed by atoms with Crippen LogP contribution in [0.4, 0.5) is 11.4 Å². The molecular weight excluding hydrogens is 398 g/mol. The van der Waals surface area contributed by atoms with Crippen LogP contribution >= 0.6 is 0 Å². The second kappa shape index (κ2) is 7.00. The highest BCUT2D eigenvalue weighted by Gasteiger charge is 2.27. The molecule has 5 rings (SSSR count). The Kier molecular flexibility index (Phi) is 4.29. The van der Waals surface area contributed by atoms with Gasteiger partial charge in [-0.2, -0.15) is 0 Å². The van der Waals surface area contributed by atoms with Crippen LogP contribution in [0, 0.1) is 0 Å². The predicted molar refractivity (Wildman–Crippen MR) is 118 cm³/mol. The van der Waals surface area contributed by atoms with Crippen LogP contribution in [0.2, 0.25) is 0 Å². The number of hydrogen-bond donors (Lipinski definition) is 2. The lowest BCUT2D eigenvalue weighted by molar-refractivity contribution is 0.609. The van der Waals surface area contributed by atoms with Crippen LogP contribution < -0.4 is 10.0 Å². The fourth-order valence-corrected chi connectivity index (χ4v) is 4.40. The van der Waals surface area contributed by atoms with E-state index in [1.54, 1.807) is 24.5 Å². The SMILES string of the molecule is C=CS(=O)(=O)Nc1ccc2ncnc(C3CNc4cc(-n5cccc5)ccc43)c2c1. The largest absolute Gasteiger partial charge is 0.384 e. The molecule has 1 atom stereocenters. The van der Waals surface area contributed by atoms with Crippen LogP contribution in [-0.2, 0) is 10.0 Å². The van der Waals surface area contributed by atoms with Crippen molar-refractivity contribution >= 4 is 32.3 Å². The quantitative estimate of drug-likeness (QED) is 0.515. The summed E-state index contributed by atoms with van der Waals surface area (Å²) in [4.78, 5) is 8.91. The molecule has 0 saturated carbocycles. The second-order valence-corrected chi connectivity index (χ2v) is 8.73. The summed E-state index contributed by atoms with van der Waals surface area (Å²) < 4.78 is 28.3. The highest BCUT2D eigenvalue weighted by Crippen LogP contribution is 2.39. The maximum absolute atomic E-state index is 11.9. The van der Waals surface area contributed by atoms with Gasteiger partial charge in [-0.1, -0.05) is 12.6 Å². The van der Waals surface area contributed by atoms with E-state index in [-0.39, 0.29) is 5.92 Å². The summed E-state index contributed by atoms with van der Waals surface area (Å²) >= 11 is 0. The summed E-state index contributed by atoms with van der Waals surface area (Å²) in [5.41, 5.74) is 5.39. The first-order valence-corrected chi connectivity index (χ1v) is 11.0. The van der Waals surface area contributed by atoms with E-state index in [4.69, 9.17) is 0 Å². The maximum Gasteiger partial charge on any atom is 0.254 e. The Hall–Kier alpha value is -3.65. The highest BCUT2D eigenvalue weighted by atomic mass is 32.2. The first-order valence-electron chi connectivity index (χ1n) is 9.45. The van der Waals surface area contributed by atoms with Crippen molar-refractivity contribution in [3.05, 3.63) is 90.5 Å². The Morgan fingerprint density at radius 1 is 1.13 bits per heavy atom. The Bertz CT molecular complexity index is 1360. The van der Waals surface area contributed by atoms with Crippen molar-refractivity contribution in [2.24, 2.45) is 0 Å².